The molecule has 1 atom stereocenters. The van der Waals surface area contributed by atoms with Crippen LogP contribution in [0.15, 0.2) is 24.3 Å². The Morgan fingerprint density at radius 2 is 1.95 bits per heavy atom. The monoisotopic (exact) mass is 262 g/mol. The maximum atomic E-state index is 11.7. The average Bonchev–Trinajstić information content (AvgIpc) is 2.80. The van der Waals surface area contributed by atoms with Crippen molar-refractivity contribution in [3.8, 4) is 0 Å². The molecular weight excluding hydrogens is 248 g/mol. The highest BCUT2D eigenvalue weighted by atomic mass is 16.4. The third-order valence-corrected chi connectivity index (χ3v) is 3.14. The third kappa shape index (κ3) is 2.57. The first-order chi connectivity index (χ1) is 9.02. The molecule has 6 nitrogen and oxygen atoms in total. The fourth-order valence-electron chi connectivity index (χ4n) is 2.06. The van der Waals surface area contributed by atoms with Gasteiger partial charge in [-0.05, 0) is 24.3 Å². The topological polar surface area (TPSA) is 86.7 Å². The van der Waals surface area contributed by atoms with Crippen LogP contribution in [0.1, 0.15) is 16.8 Å². The summed E-state index contributed by atoms with van der Waals surface area (Å²) in [6, 6.07) is 6.50. The zero-order valence-electron chi connectivity index (χ0n) is 10.4. The smallest absolute Gasteiger partial charge is 0.308 e. The molecule has 0 bridgehead atoms. The number of aliphatic carboxylic acids is 1. The summed E-state index contributed by atoms with van der Waals surface area (Å²) in [4.78, 5) is 35.4. The minimum Gasteiger partial charge on any atom is -0.481 e. The number of nitrogens with one attached hydrogen (secondary N) is 1. The van der Waals surface area contributed by atoms with E-state index in [1.807, 2.05) is 0 Å². The number of nitrogens with zero attached hydrogens (tertiary/aromatic N) is 1. The van der Waals surface area contributed by atoms with Crippen molar-refractivity contribution in [3.63, 3.8) is 0 Å². The van der Waals surface area contributed by atoms with E-state index in [0.29, 0.717) is 11.3 Å². The second kappa shape index (κ2) is 5.09. The van der Waals surface area contributed by atoms with E-state index >= 15 is 0 Å². The summed E-state index contributed by atoms with van der Waals surface area (Å²) in [5, 5.41) is 11.4. The molecule has 2 amide bonds. The van der Waals surface area contributed by atoms with E-state index in [0.717, 1.165) is 0 Å². The Bertz CT molecular complexity index is 524. The first kappa shape index (κ1) is 13.1. The van der Waals surface area contributed by atoms with Crippen LogP contribution < -0.4 is 10.2 Å². The number of rotatable bonds is 3. The molecule has 100 valence electrons. The second-order valence-corrected chi connectivity index (χ2v) is 4.37. The summed E-state index contributed by atoms with van der Waals surface area (Å²) in [6.45, 7) is 0.174. The van der Waals surface area contributed by atoms with Crippen molar-refractivity contribution in [1.82, 2.24) is 5.32 Å². The molecule has 1 aromatic carbocycles. The van der Waals surface area contributed by atoms with Crippen LogP contribution in [0, 0.1) is 5.92 Å². The van der Waals surface area contributed by atoms with E-state index in [9.17, 15) is 14.4 Å². The van der Waals surface area contributed by atoms with Crippen molar-refractivity contribution >= 4 is 23.5 Å². The van der Waals surface area contributed by atoms with E-state index in [2.05, 4.69) is 5.32 Å². The number of amides is 2. The molecule has 0 saturated carbocycles. The van der Waals surface area contributed by atoms with Crippen molar-refractivity contribution in [2.45, 2.75) is 6.42 Å². The molecule has 1 saturated heterocycles. The summed E-state index contributed by atoms with van der Waals surface area (Å²) in [7, 11) is 1.54. The molecule has 0 radical (unpaired) electrons. The Kier molecular flexibility index (Phi) is 3.50. The largest absolute Gasteiger partial charge is 0.481 e. The minimum atomic E-state index is -0.960. The Labute approximate surface area is 110 Å². The van der Waals surface area contributed by atoms with Gasteiger partial charge >= 0.3 is 5.97 Å². The van der Waals surface area contributed by atoms with Crippen LogP contribution in [-0.2, 0) is 9.59 Å². The van der Waals surface area contributed by atoms with Gasteiger partial charge in [0.2, 0.25) is 5.91 Å². The van der Waals surface area contributed by atoms with Crippen LogP contribution in [0.5, 0.6) is 0 Å². The quantitative estimate of drug-likeness (QED) is 0.829. The fourth-order valence-corrected chi connectivity index (χ4v) is 2.06. The molecule has 0 aliphatic carbocycles. The van der Waals surface area contributed by atoms with E-state index in [1.165, 1.54) is 11.9 Å². The zero-order valence-corrected chi connectivity index (χ0v) is 10.4. The van der Waals surface area contributed by atoms with Gasteiger partial charge < -0.3 is 15.3 Å². The molecule has 1 aliphatic rings. The predicted molar refractivity (Wildman–Crippen MR) is 67.9 cm³/mol. The van der Waals surface area contributed by atoms with Gasteiger partial charge in [0, 0.05) is 31.3 Å². The standard InChI is InChI=1S/C13H14N2O4/c1-14-12(17)8-2-4-10(5-3-8)15-7-9(13(18)19)6-11(15)16/h2-5,9H,6-7H2,1H3,(H,14,17)(H,18,19). The lowest BCUT2D eigenvalue weighted by Gasteiger charge is -2.16. The van der Waals surface area contributed by atoms with Crippen molar-refractivity contribution in [2.75, 3.05) is 18.5 Å². The third-order valence-electron chi connectivity index (χ3n) is 3.14. The molecule has 0 spiro atoms. The van der Waals surface area contributed by atoms with Crippen LogP contribution in [0.3, 0.4) is 0 Å². The lowest BCUT2D eigenvalue weighted by molar-refractivity contribution is -0.141. The van der Waals surface area contributed by atoms with Crippen LogP contribution in [0.4, 0.5) is 5.69 Å². The lowest BCUT2D eigenvalue weighted by atomic mass is 10.1. The van der Waals surface area contributed by atoms with Gasteiger partial charge in [-0.2, -0.15) is 0 Å². The minimum absolute atomic E-state index is 0.0204. The van der Waals surface area contributed by atoms with Gasteiger partial charge in [-0.15, -0.1) is 0 Å². The van der Waals surface area contributed by atoms with Crippen LogP contribution in [0.25, 0.3) is 0 Å². The van der Waals surface area contributed by atoms with E-state index < -0.39 is 11.9 Å². The fraction of sp³-hybridized carbons (Fsp3) is 0.308. The Balaban J connectivity index is 2.17. The average molecular weight is 262 g/mol. The van der Waals surface area contributed by atoms with Gasteiger partial charge in [-0.25, -0.2) is 0 Å². The highest BCUT2D eigenvalue weighted by Crippen LogP contribution is 2.25. The molecule has 1 fully saturated rings. The number of hydrogen-bond donors (Lipinski definition) is 2. The van der Waals surface area contributed by atoms with Gasteiger partial charge in [0.15, 0.2) is 0 Å². The Hall–Kier alpha value is -2.37. The number of benzene rings is 1. The van der Waals surface area contributed by atoms with Crippen molar-refractivity contribution < 1.29 is 19.5 Å². The van der Waals surface area contributed by atoms with Gasteiger partial charge in [-0.3, -0.25) is 14.4 Å². The van der Waals surface area contributed by atoms with Gasteiger partial charge in [-0.1, -0.05) is 0 Å². The zero-order chi connectivity index (χ0) is 14.0. The molecule has 2 N–H and O–H groups in total. The lowest BCUT2D eigenvalue weighted by Crippen LogP contribution is -2.26. The van der Waals surface area contributed by atoms with E-state index in [4.69, 9.17) is 5.11 Å². The van der Waals surface area contributed by atoms with E-state index in [1.54, 1.807) is 24.3 Å². The molecule has 1 aliphatic heterocycles. The number of carbonyl (C=O) groups is 3. The summed E-state index contributed by atoms with van der Waals surface area (Å²) in [5.74, 6) is -2.04. The summed E-state index contributed by atoms with van der Waals surface area (Å²) < 4.78 is 0. The first-order valence-electron chi connectivity index (χ1n) is 5.88. The summed E-state index contributed by atoms with van der Waals surface area (Å²) in [6.07, 6.45) is 0.0204. The highest BCUT2D eigenvalue weighted by molar-refractivity contribution is 6.00. The Morgan fingerprint density at radius 1 is 1.32 bits per heavy atom. The Morgan fingerprint density at radius 3 is 2.42 bits per heavy atom. The summed E-state index contributed by atoms with van der Waals surface area (Å²) in [5.41, 5.74) is 1.11. The first-order valence-corrected chi connectivity index (χ1v) is 5.88. The molecule has 1 aromatic rings. The maximum absolute atomic E-state index is 11.7. The van der Waals surface area contributed by atoms with Gasteiger partial charge in [0.05, 0.1) is 5.92 Å². The predicted octanol–water partition coefficient (Wildman–Crippen LogP) is 0.484. The van der Waals surface area contributed by atoms with Crippen LogP contribution in [-0.4, -0.2) is 36.5 Å². The normalized spacial score (nSPS) is 18.5. The van der Waals surface area contributed by atoms with Crippen LogP contribution in [0.2, 0.25) is 0 Å². The molecule has 6 heteroatoms. The maximum Gasteiger partial charge on any atom is 0.308 e. The van der Waals surface area contributed by atoms with Gasteiger partial charge in [0.1, 0.15) is 0 Å². The van der Waals surface area contributed by atoms with Crippen molar-refractivity contribution in [3.05, 3.63) is 29.8 Å². The number of anilines is 1. The van der Waals surface area contributed by atoms with Crippen LogP contribution >= 0.6 is 0 Å². The molecular formula is C13H14N2O4. The second-order valence-electron chi connectivity index (χ2n) is 4.37. The van der Waals surface area contributed by atoms with E-state index in [-0.39, 0.29) is 24.8 Å². The van der Waals surface area contributed by atoms with Gasteiger partial charge in [0.25, 0.3) is 5.91 Å². The molecule has 1 unspecified atom stereocenters. The van der Waals surface area contributed by atoms with Crippen molar-refractivity contribution in [2.24, 2.45) is 5.92 Å². The van der Waals surface area contributed by atoms with Crippen molar-refractivity contribution in [1.29, 1.82) is 0 Å². The highest BCUT2D eigenvalue weighted by Gasteiger charge is 2.34. The SMILES string of the molecule is CNC(=O)c1ccc(N2CC(C(=O)O)CC2=O)cc1. The molecule has 2 rings (SSSR count). The molecule has 1 heterocycles. The summed E-state index contributed by atoms with van der Waals surface area (Å²) >= 11 is 0. The number of carbonyl (C=O) groups excluding carboxylic acids is 2. The number of carboxylic acid groups (broad SMARTS) is 1. The number of carboxylic acids is 1. The number of hydrogen-bond acceptors (Lipinski definition) is 3. The molecule has 19 heavy (non-hydrogen) atoms. The molecule has 0 aromatic heterocycles.